The van der Waals surface area contributed by atoms with Crippen LogP contribution in [0.25, 0.3) is 10.9 Å². The number of carbonyl (C=O) groups is 2. The van der Waals surface area contributed by atoms with E-state index in [-0.39, 0.29) is 18.6 Å². The van der Waals surface area contributed by atoms with Crippen LogP contribution in [-0.2, 0) is 20.7 Å². The Morgan fingerprint density at radius 3 is 2.83 bits per heavy atom. The minimum absolute atomic E-state index is 0.127. The molecule has 4 nitrogen and oxygen atoms in total. The van der Waals surface area contributed by atoms with Gasteiger partial charge in [-0.1, -0.05) is 18.2 Å². The maximum Gasteiger partial charge on any atom is 0.313 e. The molecule has 0 bridgehead atoms. The highest BCUT2D eigenvalue weighted by Crippen LogP contribution is 2.18. The Morgan fingerprint density at radius 1 is 1.28 bits per heavy atom. The molecule has 1 N–H and O–H groups in total. The molecule has 18 heavy (non-hydrogen) atoms. The lowest BCUT2D eigenvalue weighted by Gasteiger charge is -2.01. The van der Waals surface area contributed by atoms with Crippen LogP contribution in [0, 0.1) is 0 Å². The summed E-state index contributed by atoms with van der Waals surface area (Å²) >= 11 is 0. The van der Waals surface area contributed by atoms with E-state index in [0.717, 1.165) is 16.5 Å². The SMILES string of the molecule is CCOC(=O)CC(=O)Cc1c[nH]c2ccccc12. The first-order valence-electron chi connectivity index (χ1n) is 5.93. The molecule has 0 fully saturated rings. The fraction of sp³-hybridized carbons (Fsp3) is 0.286. The molecule has 0 spiro atoms. The molecular formula is C14H15NO3. The normalized spacial score (nSPS) is 10.5. The van der Waals surface area contributed by atoms with Crippen LogP contribution in [-0.4, -0.2) is 23.3 Å². The fourth-order valence-corrected chi connectivity index (χ4v) is 1.93. The van der Waals surface area contributed by atoms with Crippen LogP contribution in [0.15, 0.2) is 30.5 Å². The van der Waals surface area contributed by atoms with Gasteiger partial charge in [0.25, 0.3) is 0 Å². The maximum absolute atomic E-state index is 11.7. The maximum atomic E-state index is 11.7. The van der Waals surface area contributed by atoms with Crippen molar-refractivity contribution in [3.05, 3.63) is 36.0 Å². The second-order valence-electron chi connectivity index (χ2n) is 4.06. The van der Waals surface area contributed by atoms with Crippen molar-refractivity contribution in [2.75, 3.05) is 6.61 Å². The Hall–Kier alpha value is -2.10. The zero-order valence-electron chi connectivity index (χ0n) is 10.2. The van der Waals surface area contributed by atoms with Gasteiger partial charge in [0.15, 0.2) is 0 Å². The third-order valence-corrected chi connectivity index (χ3v) is 2.71. The summed E-state index contributed by atoms with van der Waals surface area (Å²) < 4.78 is 4.75. The van der Waals surface area contributed by atoms with Gasteiger partial charge in [-0.2, -0.15) is 0 Å². The third kappa shape index (κ3) is 2.77. The quantitative estimate of drug-likeness (QED) is 0.649. The number of Topliss-reactive ketones (excluding diaryl/α,β-unsaturated/α-hetero) is 1. The van der Waals surface area contributed by atoms with Gasteiger partial charge in [-0.25, -0.2) is 0 Å². The van der Waals surface area contributed by atoms with Crippen molar-refractivity contribution in [3.8, 4) is 0 Å². The summed E-state index contributed by atoms with van der Waals surface area (Å²) in [5.41, 5.74) is 1.91. The number of hydrogen-bond donors (Lipinski definition) is 1. The van der Waals surface area contributed by atoms with Crippen LogP contribution < -0.4 is 0 Å². The van der Waals surface area contributed by atoms with E-state index < -0.39 is 5.97 Å². The topological polar surface area (TPSA) is 59.2 Å². The number of H-pyrrole nitrogens is 1. The second-order valence-corrected chi connectivity index (χ2v) is 4.06. The van der Waals surface area contributed by atoms with Gasteiger partial charge in [0, 0.05) is 23.5 Å². The van der Waals surface area contributed by atoms with Crippen molar-refractivity contribution in [2.24, 2.45) is 0 Å². The summed E-state index contributed by atoms with van der Waals surface area (Å²) in [5.74, 6) is -0.583. The molecule has 0 aliphatic carbocycles. The monoisotopic (exact) mass is 245 g/mol. The Bertz CT molecular complexity index is 571. The van der Waals surface area contributed by atoms with Crippen molar-refractivity contribution in [1.82, 2.24) is 4.98 Å². The Balaban J connectivity index is 2.05. The average Bonchev–Trinajstić information content (AvgIpc) is 2.73. The summed E-state index contributed by atoms with van der Waals surface area (Å²) in [6, 6.07) is 7.77. The lowest BCUT2D eigenvalue weighted by molar-refractivity contribution is -0.145. The molecule has 2 aromatic rings. The highest BCUT2D eigenvalue weighted by Gasteiger charge is 2.13. The minimum atomic E-state index is -0.456. The number of ether oxygens (including phenoxy) is 1. The molecule has 0 saturated heterocycles. The molecule has 0 aliphatic heterocycles. The number of hydrogen-bond acceptors (Lipinski definition) is 3. The molecule has 4 heteroatoms. The first-order chi connectivity index (χ1) is 8.70. The molecule has 0 atom stereocenters. The smallest absolute Gasteiger partial charge is 0.313 e. The van der Waals surface area contributed by atoms with Gasteiger partial charge in [0.2, 0.25) is 0 Å². The van der Waals surface area contributed by atoms with E-state index >= 15 is 0 Å². The predicted molar refractivity (Wildman–Crippen MR) is 68.3 cm³/mol. The first-order valence-corrected chi connectivity index (χ1v) is 5.93. The van der Waals surface area contributed by atoms with Crippen LogP contribution in [0.1, 0.15) is 18.9 Å². The Morgan fingerprint density at radius 2 is 2.06 bits per heavy atom. The van der Waals surface area contributed by atoms with Crippen LogP contribution in [0.5, 0.6) is 0 Å². The van der Waals surface area contributed by atoms with Crippen molar-refractivity contribution in [2.45, 2.75) is 19.8 Å². The second kappa shape index (κ2) is 5.49. The number of ketones is 1. The molecule has 2 rings (SSSR count). The number of nitrogens with one attached hydrogen (secondary N) is 1. The third-order valence-electron chi connectivity index (χ3n) is 2.71. The van der Waals surface area contributed by atoms with Gasteiger partial charge >= 0.3 is 5.97 Å². The van der Waals surface area contributed by atoms with E-state index in [1.54, 1.807) is 6.92 Å². The molecular weight excluding hydrogens is 230 g/mol. The lowest BCUT2D eigenvalue weighted by atomic mass is 10.1. The van der Waals surface area contributed by atoms with E-state index in [1.807, 2.05) is 30.5 Å². The summed E-state index contributed by atoms with van der Waals surface area (Å²) in [5, 5.41) is 1.02. The van der Waals surface area contributed by atoms with Crippen molar-refractivity contribution in [3.63, 3.8) is 0 Å². The Kier molecular flexibility index (Phi) is 3.77. The molecule has 0 radical (unpaired) electrons. The summed E-state index contributed by atoms with van der Waals surface area (Å²) in [6.45, 7) is 2.03. The van der Waals surface area contributed by atoms with Crippen LogP contribution >= 0.6 is 0 Å². The number of carbonyl (C=O) groups excluding carboxylic acids is 2. The van der Waals surface area contributed by atoms with Crippen LogP contribution in [0.2, 0.25) is 0 Å². The molecule has 0 aliphatic rings. The van der Waals surface area contributed by atoms with Crippen molar-refractivity contribution >= 4 is 22.7 Å². The van der Waals surface area contributed by atoms with E-state index in [9.17, 15) is 9.59 Å². The van der Waals surface area contributed by atoms with Gasteiger partial charge in [-0.3, -0.25) is 9.59 Å². The van der Waals surface area contributed by atoms with Gasteiger partial charge in [0.1, 0.15) is 12.2 Å². The number of esters is 1. The predicted octanol–water partition coefficient (Wildman–Crippen LogP) is 2.23. The number of aromatic nitrogens is 1. The van der Waals surface area contributed by atoms with E-state index in [0.29, 0.717) is 6.61 Å². The number of aromatic amines is 1. The molecule has 0 saturated carbocycles. The average molecular weight is 245 g/mol. The van der Waals surface area contributed by atoms with Crippen molar-refractivity contribution < 1.29 is 14.3 Å². The number of fused-ring (bicyclic) bond motifs is 1. The van der Waals surface area contributed by atoms with Crippen molar-refractivity contribution in [1.29, 1.82) is 0 Å². The molecule has 94 valence electrons. The highest BCUT2D eigenvalue weighted by atomic mass is 16.5. The molecule has 0 unspecified atom stereocenters. The minimum Gasteiger partial charge on any atom is -0.466 e. The van der Waals surface area contributed by atoms with Gasteiger partial charge in [0.05, 0.1) is 6.61 Å². The molecule has 1 heterocycles. The summed E-state index contributed by atoms with van der Waals surface area (Å²) in [4.78, 5) is 26.0. The summed E-state index contributed by atoms with van der Waals surface area (Å²) in [7, 11) is 0. The number of rotatable bonds is 5. The van der Waals surface area contributed by atoms with Crippen LogP contribution in [0.4, 0.5) is 0 Å². The standard InChI is InChI=1S/C14H15NO3/c1-2-18-14(17)8-11(16)7-10-9-15-13-6-4-3-5-12(10)13/h3-6,9,15H,2,7-8H2,1H3. The van der Waals surface area contributed by atoms with E-state index in [2.05, 4.69) is 4.98 Å². The molecule has 1 aromatic heterocycles. The zero-order chi connectivity index (χ0) is 13.0. The summed E-state index contributed by atoms with van der Waals surface area (Å²) in [6.07, 6.45) is 1.91. The zero-order valence-corrected chi connectivity index (χ0v) is 10.2. The van der Waals surface area contributed by atoms with Gasteiger partial charge in [-0.15, -0.1) is 0 Å². The fourth-order valence-electron chi connectivity index (χ4n) is 1.93. The number of benzene rings is 1. The van der Waals surface area contributed by atoms with Gasteiger partial charge < -0.3 is 9.72 Å². The lowest BCUT2D eigenvalue weighted by Crippen LogP contribution is -2.12. The van der Waals surface area contributed by atoms with E-state index in [4.69, 9.17) is 4.74 Å². The number of para-hydroxylation sites is 1. The molecule has 1 aromatic carbocycles. The van der Waals surface area contributed by atoms with Crippen LogP contribution in [0.3, 0.4) is 0 Å². The first kappa shape index (κ1) is 12.4. The van der Waals surface area contributed by atoms with E-state index in [1.165, 1.54) is 0 Å². The highest BCUT2D eigenvalue weighted by molar-refractivity contribution is 5.98. The van der Waals surface area contributed by atoms with Gasteiger partial charge in [-0.05, 0) is 18.6 Å². The Labute approximate surface area is 105 Å². The largest absolute Gasteiger partial charge is 0.466 e. The molecule has 0 amide bonds.